The second kappa shape index (κ2) is 11.5. The molecule has 0 aromatic heterocycles. The second-order valence-electron chi connectivity index (χ2n) is 4.29. The zero-order chi connectivity index (χ0) is 14.5. The Bertz CT molecular complexity index is 371. The van der Waals surface area contributed by atoms with Gasteiger partial charge in [-0.25, -0.2) is 0 Å². The summed E-state index contributed by atoms with van der Waals surface area (Å²) in [7, 11) is 1.79. The van der Waals surface area contributed by atoms with Gasteiger partial charge in [0.05, 0.1) is 6.54 Å². The van der Waals surface area contributed by atoms with Crippen molar-refractivity contribution in [2.75, 3.05) is 38.8 Å². The van der Waals surface area contributed by atoms with Crippen molar-refractivity contribution in [1.29, 1.82) is 0 Å². The first-order valence-corrected chi connectivity index (χ1v) is 8.37. The molecule has 0 spiro atoms. The van der Waals surface area contributed by atoms with E-state index in [-0.39, 0.29) is 0 Å². The van der Waals surface area contributed by atoms with Gasteiger partial charge in [0.15, 0.2) is 5.96 Å². The maximum atomic E-state index is 5.61. The molecule has 0 aliphatic rings. The van der Waals surface area contributed by atoms with Crippen LogP contribution in [0, 0.1) is 0 Å². The fourth-order valence-corrected chi connectivity index (χ4v) is 2.15. The number of aliphatic imine (C=N–C) groups is 1. The molecule has 0 saturated carbocycles. The molecular formula is C15H25N3OS. The predicted octanol–water partition coefficient (Wildman–Crippen LogP) is 2.37. The van der Waals surface area contributed by atoms with Crippen molar-refractivity contribution in [3.8, 4) is 5.75 Å². The molecule has 5 heteroatoms. The molecule has 0 unspecified atom stereocenters. The first-order valence-electron chi connectivity index (χ1n) is 6.98. The van der Waals surface area contributed by atoms with Gasteiger partial charge in [0, 0.05) is 13.6 Å². The van der Waals surface area contributed by atoms with Crippen LogP contribution in [0.15, 0.2) is 35.3 Å². The summed E-state index contributed by atoms with van der Waals surface area (Å²) in [4.78, 5) is 4.18. The van der Waals surface area contributed by atoms with Crippen molar-refractivity contribution in [3.63, 3.8) is 0 Å². The summed E-state index contributed by atoms with van der Waals surface area (Å²) in [6, 6.07) is 9.83. The summed E-state index contributed by atoms with van der Waals surface area (Å²) in [5, 5.41) is 6.54. The summed E-state index contributed by atoms with van der Waals surface area (Å²) in [6.45, 7) is 2.32. The van der Waals surface area contributed by atoms with Gasteiger partial charge in [-0.3, -0.25) is 4.99 Å². The van der Waals surface area contributed by atoms with E-state index in [1.54, 1.807) is 7.05 Å². The third kappa shape index (κ3) is 7.94. The van der Waals surface area contributed by atoms with Crippen molar-refractivity contribution >= 4 is 17.7 Å². The molecule has 1 aromatic rings. The Morgan fingerprint density at radius 3 is 2.60 bits per heavy atom. The van der Waals surface area contributed by atoms with Crippen LogP contribution in [0.4, 0.5) is 0 Å². The Labute approximate surface area is 126 Å². The number of unbranched alkanes of at least 4 members (excludes halogenated alkanes) is 1. The first kappa shape index (κ1) is 16.7. The smallest absolute Gasteiger partial charge is 0.191 e. The first-order chi connectivity index (χ1) is 9.86. The van der Waals surface area contributed by atoms with Crippen LogP contribution in [0.1, 0.15) is 12.8 Å². The Kier molecular flexibility index (Phi) is 9.57. The minimum atomic E-state index is 0.622. The Morgan fingerprint density at radius 1 is 1.15 bits per heavy atom. The summed E-state index contributed by atoms with van der Waals surface area (Å²) in [6.07, 6.45) is 4.55. The van der Waals surface area contributed by atoms with Crippen LogP contribution in [0.3, 0.4) is 0 Å². The van der Waals surface area contributed by atoms with Gasteiger partial charge in [-0.1, -0.05) is 18.2 Å². The number of benzene rings is 1. The molecule has 1 rings (SSSR count). The minimum Gasteiger partial charge on any atom is -0.492 e. The van der Waals surface area contributed by atoms with Crippen LogP contribution >= 0.6 is 11.8 Å². The van der Waals surface area contributed by atoms with E-state index in [1.807, 2.05) is 42.1 Å². The van der Waals surface area contributed by atoms with E-state index < -0.39 is 0 Å². The van der Waals surface area contributed by atoms with Crippen molar-refractivity contribution in [2.45, 2.75) is 12.8 Å². The third-order valence-electron chi connectivity index (χ3n) is 2.70. The van der Waals surface area contributed by atoms with Crippen molar-refractivity contribution in [3.05, 3.63) is 30.3 Å². The lowest BCUT2D eigenvalue weighted by Crippen LogP contribution is -2.39. The van der Waals surface area contributed by atoms with Gasteiger partial charge >= 0.3 is 0 Å². The molecular weight excluding hydrogens is 270 g/mol. The number of ether oxygens (including phenoxy) is 1. The summed E-state index contributed by atoms with van der Waals surface area (Å²) >= 11 is 1.89. The van der Waals surface area contributed by atoms with Gasteiger partial charge in [0.1, 0.15) is 12.4 Å². The van der Waals surface area contributed by atoms with Gasteiger partial charge in [0.25, 0.3) is 0 Å². The average molecular weight is 295 g/mol. The lowest BCUT2D eigenvalue weighted by molar-refractivity contribution is 0.322. The van der Waals surface area contributed by atoms with E-state index in [2.05, 4.69) is 21.9 Å². The Hall–Kier alpha value is -1.36. The predicted molar refractivity (Wildman–Crippen MR) is 88.9 cm³/mol. The minimum absolute atomic E-state index is 0.622. The normalized spacial score (nSPS) is 11.2. The number of hydrogen-bond donors (Lipinski definition) is 2. The van der Waals surface area contributed by atoms with Gasteiger partial charge in [-0.05, 0) is 37.0 Å². The van der Waals surface area contributed by atoms with E-state index in [0.717, 1.165) is 24.8 Å². The maximum Gasteiger partial charge on any atom is 0.191 e. The summed E-state index contributed by atoms with van der Waals surface area (Å²) < 4.78 is 5.61. The number of thioether (sulfide) groups is 1. The largest absolute Gasteiger partial charge is 0.492 e. The molecule has 2 N–H and O–H groups in total. The number of para-hydroxylation sites is 1. The highest BCUT2D eigenvalue weighted by atomic mass is 32.2. The molecule has 4 nitrogen and oxygen atoms in total. The third-order valence-corrected chi connectivity index (χ3v) is 3.39. The van der Waals surface area contributed by atoms with Gasteiger partial charge in [-0.15, -0.1) is 0 Å². The van der Waals surface area contributed by atoms with Crippen molar-refractivity contribution in [2.24, 2.45) is 4.99 Å². The van der Waals surface area contributed by atoms with Crippen LogP contribution in [-0.2, 0) is 0 Å². The summed E-state index contributed by atoms with van der Waals surface area (Å²) in [5.74, 6) is 2.96. The molecule has 0 aliphatic carbocycles. The standard InChI is InChI=1S/C15H25N3OS/c1-16-15(17-10-6-7-13-20-2)18-11-12-19-14-8-4-3-5-9-14/h3-5,8-9H,6-7,10-13H2,1-2H3,(H2,16,17,18). The number of guanidine groups is 1. The molecule has 0 saturated heterocycles. The average Bonchev–Trinajstić information content (AvgIpc) is 2.50. The zero-order valence-corrected chi connectivity index (χ0v) is 13.2. The van der Waals surface area contributed by atoms with Crippen molar-refractivity contribution in [1.82, 2.24) is 10.6 Å². The van der Waals surface area contributed by atoms with E-state index in [0.29, 0.717) is 6.61 Å². The highest BCUT2D eigenvalue weighted by molar-refractivity contribution is 7.98. The molecule has 0 bridgehead atoms. The maximum absolute atomic E-state index is 5.61. The molecule has 0 aliphatic heterocycles. The molecule has 0 fully saturated rings. The lowest BCUT2D eigenvalue weighted by atomic mass is 10.3. The highest BCUT2D eigenvalue weighted by Gasteiger charge is 1.97. The van der Waals surface area contributed by atoms with E-state index in [1.165, 1.54) is 18.6 Å². The monoisotopic (exact) mass is 295 g/mol. The van der Waals surface area contributed by atoms with E-state index in [9.17, 15) is 0 Å². The van der Waals surface area contributed by atoms with E-state index >= 15 is 0 Å². The van der Waals surface area contributed by atoms with Crippen LogP contribution in [0.2, 0.25) is 0 Å². The fourth-order valence-electron chi connectivity index (χ4n) is 1.65. The second-order valence-corrected chi connectivity index (χ2v) is 5.27. The van der Waals surface area contributed by atoms with Crippen LogP contribution < -0.4 is 15.4 Å². The number of rotatable bonds is 9. The quantitative estimate of drug-likeness (QED) is 0.417. The lowest BCUT2D eigenvalue weighted by Gasteiger charge is -2.12. The van der Waals surface area contributed by atoms with Gasteiger partial charge < -0.3 is 15.4 Å². The molecule has 0 amide bonds. The Morgan fingerprint density at radius 2 is 1.90 bits per heavy atom. The number of hydrogen-bond acceptors (Lipinski definition) is 3. The van der Waals surface area contributed by atoms with Crippen LogP contribution in [0.25, 0.3) is 0 Å². The topological polar surface area (TPSA) is 45.7 Å². The van der Waals surface area contributed by atoms with Crippen LogP contribution in [-0.4, -0.2) is 44.7 Å². The van der Waals surface area contributed by atoms with Crippen LogP contribution in [0.5, 0.6) is 5.75 Å². The molecule has 0 atom stereocenters. The molecule has 1 aromatic carbocycles. The molecule has 0 heterocycles. The highest BCUT2D eigenvalue weighted by Crippen LogP contribution is 2.07. The SMILES string of the molecule is CN=C(NCCCCSC)NCCOc1ccccc1. The number of nitrogens with zero attached hydrogens (tertiary/aromatic N) is 1. The van der Waals surface area contributed by atoms with Gasteiger partial charge in [-0.2, -0.15) is 11.8 Å². The fraction of sp³-hybridized carbons (Fsp3) is 0.533. The number of nitrogens with one attached hydrogen (secondary N) is 2. The van der Waals surface area contributed by atoms with E-state index in [4.69, 9.17) is 4.74 Å². The Balaban J connectivity index is 2.06. The van der Waals surface area contributed by atoms with Crippen molar-refractivity contribution < 1.29 is 4.74 Å². The zero-order valence-electron chi connectivity index (χ0n) is 12.4. The van der Waals surface area contributed by atoms with Gasteiger partial charge in [0.2, 0.25) is 0 Å². The molecule has 112 valence electrons. The molecule has 20 heavy (non-hydrogen) atoms. The summed E-state index contributed by atoms with van der Waals surface area (Å²) in [5.41, 5.74) is 0. The molecule has 0 radical (unpaired) electrons.